The molecule has 4 nitrogen and oxygen atoms in total. The first kappa shape index (κ1) is 15.4. The van der Waals surface area contributed by atoms with E-state index in [4.69, 9.17) is 10.7 Å². The zero-order valence-corrected chi connectivity index (χ0v) is 14.4. The van der Waals surface area contributed by atoms with Gasteiger partial charge in [-0.3, -0.25) is 0 Å². The van der Waals surface area contributed by atoms with Crippen LogP contribution in [0.5, 0.6) is 0 Å². The fraction of sp³-hybridized carbons (Fsp3) is 0.412. The van der Waals surface area contributed by atoms with Crippen molar-refractivity contribution in [1.82, 2.24) is 9.97 Å². The van der Waals surface area contributed by atoms with Gasteiger partial charge in [0.15, 0.2) is 0 Å². The Labute approximate surface area is 139 Å². The monoisotopic (exact) mass is 360 g/mol. The highest BCUT2D eigenvalue weighted by molar-refractivity contribution is 9.10. The van der Waals surface area contributed by atoms with Crippen LogP contribution in [0.15, 0.2) is 34.8 Å². The molecule has 1 fully saturated rings. The molecule has 0 bridgehead atoms. The first-order chi connectivity index (χ1) is 10.7. The number of hydrogen-bond donors (Lipinski definition) is 1. The number of nitrogens with zero attached hydrogens (tertiary/aromatic N) is 3. The van der Waals surface area contributed by atoms with Crippen molar-refractivity contribution in [3.63, 3.8) is 0 Å². The second-order valence-corrected chi connectivity index (χ2v) is 6.84. The molecule has 2 heterocycles. The Morgan fingerprint density at radius 3 is 2.50 bits per heavy atom. The van der Waals surface area contributed by atoms with Crippen LogP contribution in [-0.4, -0.2) is 23.1 Å². The van der Waals surface area contributed by atoms with E-state index in [1.807, 2.05) is 18.2 Å². The summed E-state index contributed by atoms with van der Waals surface area (Å²) < 4.78 is 1.06. The standard InChI is InChI=1S/C17H21BrN4/c1-12-6-8-22(9-7-12)17-20-15(11-19)10-16(21-17)13-2-4-14(18)5-3-13/h2-5,10,12H,6-9,11,19H2,1H3. The van der Waals surface area contributed by atoms with E-state index < -0.39 is 0 Å². The number of anilines is 1. The van der Waals surface area contributed by atoms with Crippen molar-refractivity contribution in [3.05, 3.63) is 40.5 Å². The summed E-state index contributed by atoms with van der Waals surface area (Å²) in [6.07, 6.45) is 2.40. The molecule has 0 radical (unpaired) electrons. The largest absolute Gasteiger partial charge is 0.341 e. The van der Waals surface area contributed by atoms with E-state index in [1.165, 1.54) is 12.8 Å². The third-order valence-electron chi connectivity index (χ3n) is 4.18. The molecule has 22 heavy (non-hydrogen) atoms. The third kappa shape index (κ3) is 3.47. The molecular weight excluding hydrogens is 340 g/mol. The van der Waals surface area contributed by atoms with Crippen molar-refractivity contribution in [2.75, 3.05) is 18.0 Å². The van der Waals surface area contributed by atoms with Gasteiger partial charge in [-0.05, 0) is 37.0 Å². The SMILES string of the molecule is CC1CCN(c2nc(CN)cc(-c3ccc(Br)cc3)n2)CC1. The minimum Gasteiger partial charge on any atom is -0.341 e. The van der Waals surface area contributed by atoms with Crippen LogP contribution in [-0.2, 0) is 6.54 Å². The predicted octanol–water partition coefficient (Wildman–Crippen LogP) is 3.60. The molecule has 0 aliphatic carbocycles. The second-order valence-electron chi connectivity index (χ2n) is 5.93. The molecule has 5 heteroatoms. The second kappa shape index (κ2) is 6.75. The highest BCUT2D eigenvalue weighted by Crippen LogP contribution is 2.25. The van der Waals surface area contributed by atoms with Crippen molar-refractivity contribution in [2.24, 2.45) is 11.7 Å². The van der Waals surface area contributed by atoms with Gasteiger partial charge < -0.3 is 10.6 Å². The number of nitrogens with two attached hydrogens (primary N) is 1. The van der Waals surface area contributed by atoms with E-state index in [-0.39, 0.29) is 0 Å². The minimum absolute atomic E-state index is 0.434. The van der Waals surface area contributed by atoms with Gasteiger partial charge in [0.25, 0.3) is 0 Å². The summed E-state index contributed by atoms with van der Waals surface area (Å²) in [6.45, 7) is 4.79. The van der Waals surface area contributed by atoms with Gasteiger partial charge in [0, 0.05) is 29.7 Å². The van der Waals surface area contributed by atoms with E-state index >= 15 is 0 Å². The van der Waals surface area contributed by atoms with Gasteiger partial charge in [0.1, 0.15) is 0 Å². The smallest absolute Gasteiger partial charge is 0.226 e. The van der Waals surface area contributed by atoms with E-state index in [0.29, 0.717) is 6.54 Å². The fourth-order valence-corrected chi connectivity index (χ4v) is 2.97. The average Bonchev–Trinajstić information content (AvgIpc) is 2.55. The Balaban J connectivity index is 1.94. The topological polar surface area (TPSA) is 55.0 Å². The molecule has 2 aromatic rings. The van der Waals surface area contributed by atoms with Crippen molar-refractivity contribution in [1.29, 1.82) is 0 Å². The molecule has 0 unspecified atom stereocenters. The maximum absolute atomic E-state index is 5.83. The molecule has 0 saturated carbocycles. The quantitative estimate of drug-likeness (QED) is 0.908. The van der Waals surface area contributed by atoms with Crippen LogP contribution in [0.2, 0.25) is 0 Å². The molecule has 1 saturated heterocycles. The summed E-state index contributed by atoms with van der Waals surface area (Å²) in [7, 11) is 0. The molecule has 1 aliphatic heterocycles. The first-order valence-corrected chi connectivity index (χ1v) is 8.54. The summed E-state index contributed by atoms with van der Waals surface area (Å²) in [4.78, 5) is 11.7. The molecule has 0 amide bonds. The van der Waals surface area contributed by atoms with Crippen molar-refractivity contribution in [3.8, 4) is 11.3 Å². The highest BCUT2D eigenvalue weighted by atomic mass is 79.9. The molecule has 1 aromatic heterocycles. The summed E-state index contributed by atoms with van der Waals surface area (Å²) >= 11 is 3.47. The number of benzene rings is 1. The van der Waals surface area contributed by atoms with Crippen molar-refractivity contribution in [2.45, 2.75) is 26.3 Å². The van der Waals surface area contributed by atoms with Gasteiger partial charge in [0.05, 0.1) is 11.4 Å². The molecular formula is C17H21BrN4. The zero-order chi connectivity index (χ0) is 15.5. The van der Waals surface area contributed by atoms with E-state index in [0.717, 1.165) is 46.4 Å². The van der Waals surface area contributed by atoms with Crippen molar-refractivity contribution < 1.29 is 0 Å². The summed E-state index contributed by atoms with van der Waals surface area (Å²) in [5, 5.41) is 0. The molecule has 1 aliphatic rings. The lowest BCUT2D eigenvalue weighted by atomic mass is 10.00. The number of halogens is 1. The maximum atomic E-state index is 5.83. The lowest BCUT2D eigenvalue weighted by Gasteiger charge is -2.30. The van der Waals surface area contributed by atoms with Crippen LogP contribution >= 0.6 is 15.9 Å². The van der Waals surface area contributed by atoms with E-state index in [2.05, 4.69) is 44.9 Å². The van der Waals surface area contributed by atoms with Crippen LogP contribution in [0.4, 0.5) is 5.95 Å². The Morgan fingerprint density at radius 1 is 1.18 bits per heavy atom. The van der Waals surface area contributed by atoms with Gasteiger partial charge in [-0.15, -0.1) is 0 Å². The van der Waals surface area contributed by atoms with Gasteiger partial charge in [-0.25, -0.2) is 9.97 Å². The normalized spacial score (nSPS) is 16.0. The van der Waals surface area contributed by atoms with Crippen LogP contribution in [0.3, 0.4) is 0 Å². The van der Waals surface area contributed by atoms with E-state index in [1.54, 1.807) is 0 Å². The molecule has 0 atom stereocenters. The lowest BCUT2D eigenvalue weighted by Crippen LogP contribution is -2.34. The van der Waals surface area contributed by atoms with Crippen LogP contribution in [0, 0.1) is 5.92 Å². The number of hydrogen-bond acceptors (Lipinski definition) is 4. The maximum Gasteiger partial charge on any atom is 0.226 e. The Kier molecular flexibility index (Phi) is 4.74. The Bertz CT molecular complexity index is 634. The van der Waals surface area contributed by atoms with E-state index in [9.17, 15) is 0 Å². The molecule has 116 valence electrons. The van der Waals surface area contributed by atoms with Crippen LogP contribution in [0.1, 0.15) is 25.5 Å². The fourth-order valence-electron chi connectivity index (χ4n) is 2.71. The molecule has 1 aromatic carbocycles. The summed E-state index contributed by atoms with van der Waals surface area (Å²) in [5.41, 5.74) is 8.75. The summed E-state index contributed by atoms with van der Waals surface area (Å²) in [5.74, 6) is 1.60. The van der Waals surface area contributed by atoms with Gasteiger partial charge >= 0.3 is 0 Å². The number of aromatic nitrogens is 2. The Hall–Kier alpha value is -1.46. The van der Waals surface area contributed by atoms with Crippen LogP contribution < -0.4 is 10.6 Å². The van der Waals surface area contributed by atoms with Gasteiger partial charge in [-0.1, -0.05) is 35.0 Å². The Morgan fingerprint density at radius 2 is 1.86 bits per heavy atom. The highest BCUT2D eigenvalue weighted by Gasteiger charge is 2.19. The number of rotatable bonds is 3. The number of piperidine rings is 1. The predicted molar refractivity (Wildman–Crippen MR) is 93.7 cm³/mol. The van der Waals surface area contributed by atoms with Crippen molar-refractivity contribution >= 4 is 21.9 Å². The van der Waals surface area contributed by atoms with Gasteiger partial charge in [-0.2, -0.15) is 0 Å². The molecule has 0 spiro atoms. The minimum atomic E-state index is 0.434. The average molecular weight is 361 g/mol. The lowest BCUT2D eigenvalue weighted by molar-refractivity contribution is 0.434. The summed E-state index contributed by atoms with van der Waals surface area (Å²) in [6, 6.07) is 10.2. The van der Waals surface area contributed by atoms with Crippen LogP contribution in [0.25, 0.3) is 11.3 Å². The zero-order valence-electron chi connectivity index (χ0n) is 12.8. The third-order valence-corrected chi connectivity index (χ3v) is 4.71. The first-order valence-electron chi connectivity index (χ1n) is 7.74. The molecule has 3 rings (SSSR count). The molecule has 2 N–H and O–H groups in total. The van der Waals surface area contributed by atoms with Gasteiger partial charge in [0.2, 0.25) is 5.95 Å².